The summed E-state index contributed by atoms with van der Waals surface area (Å²) in [6, 6.07) is 8.21. The van der Waals surface area contributed by atoms with E-state index in [9.17, 15) is 4.79 Å². The van der Waals surface area contributed by atoms with Crippen LogP contribution in [0.25, 0.3) is 0 Å². The van der Waals surface area contributed by atoms with Gasteiger partial charge in [-0.1, -0.05) is 28.1 Å². The maximum atomic E-state index is 12.4. The van der Waals surface area contributed by atoms with Gasteiger partial charge >= 0.3 is 0 Å². The minimum Gasteiger partial charge on any atom is -0.366 e. The summed E-state index contributed by atoms with van der Waals surface area (Å²) in [7, 11) is 0. The van der Waals surface area contributed by atoms with E-state index < -0.39 is 0 Å². The van der Waals surface area contributed by atoms with Gasteiger partial charge in [-0.05, 0) is 37.0 Å². The lowest BCUT2D eigenvalue weighted by Gasteiger charge is -2.44. The van der Waals surface area contributed by atoms with Crippen LogP contribution in [-0.2, 0) is 15.1 Å². The molecule has 2 N–H and O–H groups in total. The number of halogens is 2. The van der Waals surface area contributed by atoms with E-state index in [4.69, 9.17) is 4.74 Å². The first-order valence-corrected chi connectivity index (χ1v) is 7.89. The number of benzene rings is 1. The molecule has 2 fully saturated rings. The number of rotatable bonds is 3. The highest BCUT2D eigenvalue weighted by atomic mass is 79.9. The highest BCUT2D eigenvalue weighted by Crippen LogP contribution is 2.42. The summed E-state index contributed by atoms with van der Waals surface area (Å²) in [5, 5.41) is 6.41. The Kier molecular flexibility index (Phi) is 5.66. The lowest BCUT2D eigenvalue weighted by atomic mass is 9.71. The van der Waals surface area contributed by atoms with Crippen LogP contribution in [-0.4, -0.2) is 31.7 Å². The Hall–Kier alpha value is -0.620. The second-order valence-corrected chi connectivity index (χ2v) is 6.41. The van der Waals surface area contributed by atoms with Gasteiger partial charge in [0.15, 0.2) is 0 Å². The Labute approximate surface area is 139 Å². The average Bonchev–Trinajstić information content (AvgIpc) is 2.43. The fourth-order valence-electron chi connectivity index (χ4n) is 2.85. The van der Waals surface area contributed by atoms with Crippen LogP contribution in [0.3, 0.4) is 0 Å². The third kappa shape index (κ3) is 3.59. The molecule has 1 aromatic rings. The molecule has 21 heavy (non-hydrogen) atoms. The van der Waals surface area contributed by atoms with E-state index in [0.717, 1.165) is 30.3 Å². The van der Waals surface area contributed by atoms with E-state index in [1.807, 2.05) is 12.1 Å². The van der Waals surface area contributed by atoms with Gasteiger partial charge in [0.25, 0.3) is 5.91 Å². The average molecular weight is 376 g/mol. The molecular weight excluding hydrogens is 356 g/mol. The maximum Gasteiger partial charge on any atom is 0.251 e. The molecule has 1 aromatic carbocycles. The van der Waals surface area contributed by atoms with Gasteiger partial charge < -0.3 is 15.4 Å². The molecule has 116 valence electrons. The van der Waals surface area contributed by atoms with Crippen LogP contribution in [0.4, 0.5) is 0 Å². The number of amides is 1. The topological polar surface area (TPSA) is 50.4 Å². The number of hydrogen-bond donors (Lipinski definition) is 2. The van der Waals surface area contributed by atoms with Crippen molar-refractivity contribution in [3.05, 3.63) is 34.3 Å². The number of morpholine rings is 1. The van der Waals surface area contributed by atoms with Gasteiger partial charge in [0.2, 0.25) is 0 Å². The second-order valence-electron chi connectivity index (χ2n) is 5.50. The molecule has 2 aliphatic rings. The molecule has 1 amide bonds. The van der Waals surface area contributed by atoms with E-state index in [-0.39, 0.29) is 30.0 Å². The molecule has 3 rings (SSSR count). The molecule has 0 bridgehead atoms. The minimum atomic E-state index is -0.367. The Bertz CT molecular complexity index is 502. The molecule has 0 spiro atoms. The number of hydrogen-bond acceptors (Lipinski definition) is 3. The van der Waals surface area contributed by atoms with Crippen LogP contribution >= 0.6 is 28.3 Å². The van der Waals surface area contributed by atoms with Crippen molar-refractivity contribution in [1.82, 2.24) is 10.6 Å². The Morgan fingerprint density at radius 3 is 2.81 bits per heavy atom. The number of carbonyl (C=O) groups excluding carboxylic acids is 1. The lowest BCUT2D eigenvalue weighted by molar-refractivity contribution is -0.137. The molecule has 0 aromatic heterocycles. The summed E-state index contributed by atoms with van der Waals surface area (Å²) in [6.07, 6.45) is 2.77. The van der Waals surface area contributed by atoms with Crippen molar-refractivity contribution in [2.45, 2.75) is 30.9 Å². The van der Waals surface area contributed by atoms with Gasteiger partial charge in [0.05, 0.1) is 12.1 Å². The zero-order chi connectivity index (χ0) is 14.0. The Morgan fingerprint density at radius 2 is 2.24 bits per heavy atom. The standard InChI is InChI=1S/C15H19BrN2O2.ClH/c16-12-4-1-3-11(9-12)15(5-2-6-15)18-14(19)13-10-17-7-8-20-13;/h1,3-4,9,13,17H,2,5-8,10H2,(H,18,19);1H. The molecule has 1 aliphatic heterocycles. The molecule has 1 unspecified atom stereocenters. The molecule has 1 heterocycles. The van der Waals surface area contributed by atoms with Gasteiger partial charge in [-0.2, -0.15) is 0 Å². The van der Waals surface area contributed by atoms with Crippen molar-refractivity contribution >= 4 is 34.2 Å². The van der Waals surface area contributed by atoms with Gasteiger partial charge in [0, 0.05) is 17.6 Å². The molecule has 0 radical (unpaired) electrons. The van der Waals surface area contributed by atoms with Gasteiger partial charge in [-0.3, -0.25) is 4.79 Å². The SMILES string of the molecule is Cl.O=C(NC1(c2cccc(Br)c2)CCC1)C1CNCCO1. The summed E-state index contributed by atoms with van der Waals surface area (Å²) < 4.78 is 6.58. The Morgan fingerprint density at radius 1 is 1.43 bits per heavy atom. The van der Waals surface area contributed by atoms with Gasteiger partial charge in [0.1, 0.15) is 6.10 Å². The smallest absolute Gasteiger partial charge is 0.251 e. The number of nitrogens with one attached hydrogen (secondary N) is 2. The van der Waals surface area contributed by atoms with Crippen molar-refractivity contribution < 1.29 is 9.53 Å². The van der Waals surface area contributed by atoms with E-state index >= 15 is 0 Å². The zero-order valence-electron chi connectivity index (χ0n) is 11.7. The Balaban J connectivity index is 0.00000161. The summed E-state index contributed by atoms with van der Waals surface area (Å²) in [6.45, 7) is 2.02. The van der Waals surface area contributed by atoms with Crippen molar-refractivity contribution in [3.63, 3.8) is 0 Å². The predicted octanol–water partition coefficient (Wildman–Crippen LogP) is 2.35. The van der Waals surface area contributed by atoms with Crippen molar-refractivity contribution in [2.24, 2.45) is 0 Å². The molecule has 1 saturated heterocycles. The molecule has 1 saturated carbocycles. The quantitative estimate of drug-likeness (QED) is 0.853. The third-order valence-electron chi connectivity index (χ3n) is 4.17. The largest absolute Gasteiger partial charge is 0.366 e. The minimum absolute atomic E-state index is 0. The normalized spacial score (nSPS) is 23.6. The molecule has 1 aliphatic carbocycles. The first-order valence-electron chi connectivity index (χ1n) is 7.10. The summed E-state index contributed by atoms with van der Waals surface area (Å²) in [5.41, 5.74) is 0.969. The first-order chi connectivity index (χ1) is 9.70. The number of ether oxygens (including phenoxy) is 1. The van der Waals surface area contributed by atoms with E-state index in [1.54, 1.807) is 0 Å². The molecular formula is C15H20BrClN2O2. The fraction of sp³-hybridized carbons (Fsp3) is 0.533. The van der Waals surface area contributed by atoms with Crippen molar-refractivity contribution in [1.29, 1.82) is 0 Å². The number of carbonyl (C=O) groups is 1. The predicted molar refractivity (Wildman–Crippen MR) is 87.7 cm³/mol. The van der Waals surface area contributed by atoms with Crippen LogP contribution in [0, 0.1) is 0 Å². The monoisotopic (exact) mass is 374 g/mol. The van der Waals surface area contributed by atoms with Crippen LogP contribution < -0.4 is 10.6 Å². The van der Waals surface area contributed by atoms with E-state index in [0.29, 0.717) is 13.2 Å². The van der Waals surface area contributed by atoms with Crippen LogP contribution in [0.5, 0.6) is 0 Å². The highest BCUT2D eigenvalue weighted by molar-refractivity contribution is 9.10. The van der Waals surface area contributed by atoms with E-state index in [2.05, 4.69) is 38.7 Å². The fourth-order valence-corrected chi connectivity index (χ4v) is 3.25. The molecule has 1 atom stereocenters. The summed E-state index contributed by atoms with van der Waals surface area (Å²) in [5.74, 6) is -0.00289. The summed E-state index contributed by atoms with van der Waals surface area (Å²) >= 11 is 3.50. The highest BCUT2D eigenvalue weighted by Gasteiger charge is 2.41. The van der Waals surface area contributed by atoms with Crippen LogP contribution in [0.1, 0.15) is 24.8 Å². The van der Waals surface area contributed by atoms with Gasteiger partial charge in [-0.15, -0.1) is 12.4 Å². The first kappa shape index (κ1) is 16.7. The van der Waals surface area contributed by atoms with Crippen LogP contribution in [0.15, 0.2) is 28.7 Å². The third-order valence-corrected chi connectivity index (χ3v) is 4.66. The maximum absolute atomic E-state index is 12.4. The lowest BCUT2D eigenvalue weighted by Crippen LogP contribution is -2.56. The van der Waals surface area contributed by atoms with Gasteiger partial charge in [-0.25, -0.2) is 0 Å². The zero-order valence-corrected chi connectivity index (χ0v) is 14.1. The van der Waals surface area contributed by atoms with Crippen molar-refractivity contribution in [3.8, 4) is 0 Å². The van der Waals surface area contributed by atoms with Crippen molar-refractivity contribution in [2.75, 3.05) is 19.7 Å². The van der Waals surface area contributed by atoms with Crippen LogP contribution in [0.2, 0.25) is 0 Å². The second kappa shape index (κ2) is 7.09. The summed E-state index contributed by atoms with van der Waals surface area (Å²) in [4.78, 5) is 12.4. The van der Waals surface area contributed by atoms with E-state index in [1.165, 1.54) is 5.56 Å². The molecule has 4 nitrogen and oxygen atoms in total. The molecule has 6 heteroatoms.